The first-order valence-electron chi connectivity index (χ1n) is 7.58. The summed E-state index contributed by atoms with van der Waals surface area (Å²) in [6.45, 7) is 0. The molecule has 3 rings (SSSR count). The van der Waals surface area contributed by atoms with Gasteiger partial charge in [-0.15, -0.1) is 0 Å². The second kappa shape index (κ2) is 7.67. The van der Waals surface area contributed by atoms with E-state index in [1.54, 1.807) is 12.1 Å². The molecule has 2 N–H and O–H groups in total. The number of sulfonamides is 1. The van der Waals surface area contributed by atoms with Gasteiger partial charge in [0.15, 0.2) is 5.78 Å². The van der Waals surface area contributed by atoms with E-state index in [9.17, 15) is 18.0 Å². The van der Waals surface area contributed by atoms with Gasteiger partial charge in [0.2, 0.25) is 5.56 Å². The number of nitrogens with one attached hydrogen (secondary N) is 2. The van der Waals surface area contributed by atoms with Gasteiger partial charge in [-0.1, -0.05) is 27.5 Å². The van der Waals surface area contributed by atoms with Crippen LogP contribution in [0.4, 0.5) is 5.69 Å². The Morgan fingerprint density at radius 3 is 2.41 bits per heavy atom. The van der Waals surface area contributed by atoms with Crippen molar-refractivity contribution < 1.29 is 13.2 Å². The average Bonchev–Trinajstić information content (AvgIpc) is 2.63. The van der Waals surface area contributed by atoms with Crippen LogP contribution in [0.15, 0.2) is 75.0 Å². The number of H-pyrrole nitrogens is 1. The Morgan fingerprint density at radius 1 is 1.04 bits per heavy atom. The zero-order valence-electron chi connectivity index (χ0n) is 13.6. The van der Waals surface area contributed by atoms with Crippen molar-refractivity contribution in [2.24, 2.45) is 0 Å². The number of rotatable bonds is 5. The lowest BCUT2D eigenvalue weighted by molar-refractivity contribution is 0.103. The molecule has 0 spiro atoms. The molecule has 0 aliphatic rings. The number of hydrogen-bond donors (Lipinski definition) is 2. The van der Waals surface area contributed by atoms with Gasteiger partial charge >= 0.3 is 0 Å². The van der Waals surface area contributed by atoms with Crippen molar-refractivity contribution in [1.29, 1.82) is 0 Å². The molecule has 0 saturated carbocycles. The molecular formula is C18H12BrClN2O4S. The van der Waals surface area contributed by atoms with Gasteiger partial charge in [-0.25, -0.2) is 8.42 Å². The minimum absolute atomic E-state index is 0.0359. The Kier molecular flexibility index (Phi) is 5.50. The number of hydrogen-bond acceptors (Lipinski definition) is 4. The van der Waals surface area contributed by atoms with Crippen molar-refractivity contribution in [2.75, 3.05) is 4.72 Å². The molecule has 1 heterocycles. The summed E-state index contributed by atoms with van der Waals surface area (Å²) in [6.07, 6.45) is 1.34. The summed E-state index contributed by atoms with van der Waals surface area (Å²) in [5.41, 5.74) is -0.230. The smallest absolute Gasteiger partial charge is 0.261 e. The summed E-state index contributed by atoms with van der Waals surface area (Å²) in [6, 6.07) is 12.8. The van der Waals surface area contributed by atoms with Gasteiger partial charge < -0.3 is 4.98 Å². The van der Waals surface area contributed by atoms with E-state index < -0.39 is 21.4 Å². The first-order valence-corrected chi connectivity index (χ1v) is 10.2. The molecule has 0 unspecified atom stereocenters. The third kappa shape index (κ3) is 4.47. The maximum absolute atomic E-state index is 12.8. The zero-order chi connectivity index (χ0) is 19.6. The van der Waals surface area contributed by atoms with Gasteiger partial charge in [0.05, 0.1) is 10.6 Å². The normalized spacial score (nSPS) is 11.2. The van der Waals surface area contributed by atoms with Crippen molar-refractivity contribution in [3.63, 3.8) is 0 Å². The van der Waals surface area contributed by atoms with Crippen LogP contribution in [0.3, 0.4) is 0 Å². The molecule has 6 nitrogen and oxygen atoms in total. The largest absolute Gasteiger partial charge is 0.329 e. The van der Waals surface area contributed by atoms with E-state index in [1.165, 1.54) is 42.6 Å². The first kappa shape index (κ1) is 19.3. The van der Waals surface area contributed by atoms with Gasteiger partial charge in [0.1, 0.15) is 0 Å². The first-order chi connectivity index (χ1) is 12.8. The second-order valence-corrected chi connectivity index (χ2v) is 8.55. The molecule has 0 saturated heterocycles. The Bertz CT molecular complexity index is 1170. The standard InChI is InChI=1S/C18H12BrClN2O4S/c19-12-1-4-14(5-2-12)27(25,26)22-16-6-3-13(20)10-15(16)18(24)11-7-8-21-17(23)9-11/h1-10,22H,(H,21,23). The quantitative estimate of drug-likeness (QED) is 0.558. The highest BCUT2D eigenvalue weighted by Crippen LogP contribution is 2.26. The molecule has 0 radical (unpaired) electrons. The van der Waals surface area contributed by atoms with Crippen molar-refractivity contribution in [1.82, 2.24) is 4.98 Å². The number of aromatic nitrogens is 1. The van der Waals surface area contributed by atoms with Crippen LogP contribution in [0.25, 0.3) is 0 Å². The summed E-state index contributed by atoms with van der Waals surface area (Å²) < 4.78 is 28.4. The molecule has 1 aromatic heterocycles. The van der Waals surface area contributed by atoms with Gasteiger partial charge in [0, 0.05) is 32.9 Å². The second-order valence-electron chi connectivity index (χ2n) is 5.52. The highest BCUT2D eigenvalue weighted by atomic mass is 79.9. The van der Waals surface area contributed by atoms with E-state index in [0.717, 1.165) is 10.5 Å². The number of pyridine rings is 1. The Labute approximate surface area is 168 Å². The van der Waals surface area contributed by atoms with E-state index in [-0.39, 0.29) is 26.7 Å². The zero-order valence-corrected chi connectivity index (χ0v) is 16.7. The third-order valence-corrected chi connectivity index (χ3v) is 5.78. The minimum Gasteiger partial charge on any atom is -0.329 e. The lowest BCUT2D eigenvalue weighted by atomic mass is 10.0. The SMILES string of the molecule is O=C(c1cc[nH]c(=O)c1)c1cc(Cl)ccc1NS(=O)(=O)c1ccc(Br)cc1. The van der Waals surface area contributed by atoms with Crippen LogP contribution < -0.4 is 10.3 Å². The summed E-state index contributed by atoms with van der Waals surface area (Å²) >= 11 is 9.23. The fourth-order valence-corrected chi connectivity index (χ4v) is 3.87. The van der Waals surface area contributed by atoms with Crippen molar-refractivity contribution in [3.8, 4) is 0 Å². The monoisotopic (exact) mass is 466 g/mol. The molecule has 0 aliphatic carbocycles. The molecule has 2 aromatic carbocycles. The van der Waals surface area contributed by atoms with E-state index in [1.807, 2.05) is 0 Å². The lowest BCUT2D eigenvalue weighted by Crippen LogP contribution is -2.16. The Hall–Kier alpha value is -2.42. The molecule has 9 heteroatoms. The molecule has 0 atom stereocenters. The molecule has 138 valence electrons. The predicted molar refractivity (Wildman–Crippen MR) is 107 cm³/mol. The fraction of sp³-hybridized carbons (Fsp3) is 0. The van der Waals surface area contributed by atoms with Crippen LogP contribution >= 0.6 is 27.5 Å². The van der Waals surface area contributed by atoms with Gasteiger partial charge in [-0.2, -0.15) is 0 Å². The van der Waals surface area contributed by atoms with Crippen molar-refractivity contribution in [2.45, 2.75) is 4.90 Å². The summed E-state index contributed by atoms with van der Waals surface area (Å²) in [7, 11) is -3.92. The van der Waals surface area contributed by atoms with Crippen LogP contribution in [0.1, 0.15) is 15.9 Å². The molecule has 0 fully saturated rings. The third-order valence-electron chi connectivity index (χ3n) is 3.63. The predicted octanol–water partition coefficient (Wildman–Crippen LogP) is 3.82. The van der Waals surface area contributed by atoms with Crippen LogP contribution in [0.5, 0.6) is 0 Å². The number of anilines is 1. The fourth-order valence-electron chi connectivity index (χ4n) is 2.35. The highest BCUT2D eigenvalue weighted by Gasteiger charge is 2.20. The maximum atomic E-state index is 12.8. The Balaban J connectivity index is 2.03. The van der Waals surface area contributed by atoms with Crippen molar-refractivity contribution >= 4 is 49.0 Å². The summed E-state index contributed by atoms with van der Waals surface area (Å²) in [4.78, 5) is 26.7. The van der Waals surface area contributed by atoms with Crippen LogP contribution in [0, 0.1) is 0 Å². The molecular weight excluding hydrogens is 456 g/mol. The number of halogens is 2. The van der Waals surface area contributed by atoms with Gasteiger partial charge in [0.25, 0.3) is 10.0 Å². The average molecular weight is 468 g/mol. The molecule has 3 aromatic rings. The van der Waals surface area contributed by atoms with E-state index in [0.29, 0.717) is 0 Å². The number of ketones is 1. The van der Waals surface area contributed by atoms with E-state index in [2.05, 4.69) is 25.6 Å². The maximum Gasteiger partial charge on any atom is 0.261 e. The van der Waals surface area contributed by atoms with Crippen LogP contribution in [-0.4, -0.2) is 19.2 Å². The molecule has 0 bridgehead atoms. The molecule has 0 amide bonds. The number of aromatic amines is 1. The van der Waals surface area contributed by atoms with Crippen LogP contribution in [0.2, 0.25) is 5.02 Å². The van der Waals surface area contributed by atoms with Crippen LogP contribution in [-0.2, 0) is 10.0 Å². The number of carbonyl (C=O) groups is 1. The number of benzene rings is 2. The summed E-state index contributed by atoms with van der Waals surface area (Å²) in [5, 5.41) is 0.259. The van der Waals surface area contributed by atoms with E-state index >= 15 is 0 Å². The van der Waals surface area contributed by atoms with Gasteiger partial charge in [-0.05, 0) is 48.5 Å². The lowest BCUT2D eigenvalue weighted by Gasteiger charge is -2.13. The Morgan fingerprint density at radius 2 is 1.74 bits per heavy atom. The van der Waals surface area contributed by atoms with E-state index in [4.69, 9.17) is 11.6 Å². The van der Waals surface area contributed by atoms with Crippen molar-refractivity contribution in [3.05, 3.63) is 91.8 Å². The topological polar surface area (TPSA) is 96.1 Å². The highest BCUT2D eigenvalue weighted by molar-refractivity contribution is 9.10. The minimum atomic E-state index is -3.92. The molecule has 0 aliphatic heterocycles. The summed E-state index contributed by atoms with van der Waals surface area (Å²) in [5.74, 6) is -0.530. The molecule has 27 heavy (non-hydrogen) atoms. The van der Waals surface area contributed by atoms with Gasteiger partial charge in [-0.3, -0.25) is 14.3 Å². The number of carbonyl (C=O) groups excluding carboxylic acids is 1.